The van der Waals surface area contributed by atoms with Crippen molar-refractivity contribution in [3.8, 4) is 11.5 Å². The molecule has 108 valence electrons. The van der Waals surface area contributed by atoms with Crippen molar-refractivity contribution < 1.29 is 9.47 Å². The zero-order valence-corrected chi connectivity index (χ0v) is 12.2. The van der Waals surface area contributed by atoms with Crippen LogP contribution in [-0.2, 0) is 6.54 Å². The fourth-order valence-electron chi connectivity index (χ4n) is 2.22. The lowest BCUT2D eigenvalue weighted by atomic mass is 10.0. The van der Waals surface area contributed by atoms with Gasteiger partial charge in [-0.05, 0) is 30.2 Å². The van der Waals surface area contributed by atoms with Crippen LogP contribution in [0, 0.1) is 0 Å². The average molecular weight is 275 g/mol. The Labute approximate surface area is 119 Å². The summed E-state index contributed by atoms with van der Waals surface area (Å²) >= 11 is 0. The van der Waals surface area contributed by atoms with E-state index in [1.54, 1.807) is 20.4 Å². The maximum Gasteiger partial charge on any atom is 0.161 e. The zero-order valence-electron chi connectivity index (χ0n) is 12.2. The number of aromatic nitrogens is 2. The molecule has 0 saturated carbocycles. The van der Waals surface area contributed by atoms with Crippen LogP contribution < -0.4 is 15.2 Å². The number of hydrogen-bond acceptors (Lipinski definition) is 4. The van der Waals surface area contributed by atoms with Gasteiger partial charge in [0.25, 0.3) is 0 Å². The van der Waals surface area contributed by atoms with Crippen molar-refractivity contribution in [1.29, 1.82) is 0 Å². The van der Waals surface area contributed by atoms with Crippen LogP contribution in [0.5, 0.6) is 11.5 Å². The molecule has 20 heavy (non-hydrogen) atoms. The fraction of sp³-hybridized carbons (Fsp3) is 0.400. The molecule has 0 aliphatic rings. The summed E-state index contributed by atoms with van der Waals surface area (Å²) in [6.45, 7) is 2.98. The van der Waals surface area contributed by atoms with Crippen molar-refractivity contribution in [3.63, 3.8) is 0 Å². The molecular weight excluding hydrogens is 254 g/mol. The van der Waals surface area contributed by atoms with E-state index in [9.17, 15) is 0 Å². The minimum absolute atomic E-state index is 0.233. The summed E-state index contributed by atoms with van der Waals surface area (Å²) in [4.78, 5) is 0. The summed E-state index contributed by atoms with van der Waals surface area (Å²) in [6, 6.07) is 7.46. The number of rotatable bonds is 6. The van der Waals surface area contributed by atoms with E-state index in [0.717, 1.165) is 24.2 Å². The third-order valence-electron chi connectivity index (χ3n) is 3.27. The second kappa shape index (κ2) is 6.43. The van der Waals surface area contributed by atoms with Crippen LogP contribution in [0.4, 0.5) is 0 Å². The van der Waals surface area contributed by atoms with Gasteiger partial charge in [0.1, 0.15) is 0 Å². The van der Waals surface area contributed by atoms with E-state index in [4.69, 9.17) is 15.2 Å². The summed E-state index contributed by atoms with van der Waals surface area (Å²) in [7, 11) is 3.24. The van der Waals surface area contributed by atoms with Crippen molar-refractivity contribution in [3.05, 3.63) is 41.7 Å². The predicted molar refractivity (Wildman–Crippen MR) is 78.1 cm³/mol. The standard InChI is InChI=1S/C15H21N3O2/c1-4-9-18-12(7-8-17-18)15(16)11-5-6-13(19-2)14(10-11)20-3/h5-8,10,15H,4,9,16H2,1-3H3. The highest BCUT2D eigenvalue weighted by atomic mass is 16.5. The number of nitrogens with zero attached hydrogens (tertiary/aromatic N) is 2. The number of benzene rings is 1. The SMILES string of the molecule is CCCn1nccc1C(N)c1ccc(OC)c(OC)c1. The molecule has 2 rings (SSSR count). The Morgan fingerprint density at radius 3 is 2.60 bits per heavy atom. The molecule has 2 N–H and O–H groups in total. The second-order valence-electron chi connectivity index (χ2n) is 4.57. The van der Waals surface area contributed by atoms with Crippen LogP contribution in [-0.4, -0.2) is 24.0 Å². The maximum absolute atomic E-state index is 6.35. The Hall–Kier alpha value is -2.01. The molecule has 5 heteroatoms. The van der Waals surface area contributed by atoms with E-state index in [1.807, 2.05) is 28.9 Å². The van der Waals surface area contributed by atoms with E-state index in [2.05, 4.69) is 12.0 Å². The van der Waals surface area contributed by atoms with Crippen molar-refractivity contribution in [2.75, 3.05) is 14.2 Å². The van der Waals surface area contributed by atoms with Crippen LogP contribution in [0.25, 0.3) is 0 Å². The Morgan fingerprint density at radius 2 is 1.95 bits per heavy atom. The summed E-state index contributed by atoms with van der Waals surface area (Å²) < 4.78 is 12.5. The predicted octanol–water partition coefficient (Wildman–Crippen LogP) is 2.36. The number of methoxy groups -OCH3 is 2. The van der Waals surface area contributed by atoms with Gasteiger partial charge >= 0.3 is 0 Å². The Kier molecular flexibility index (Phi) is 4.63. The zero-order chi connectivity index (χ0) is 14.5. The van der Waals surface area contributed by atoms with Crippen molar-refractivity contribution in [2.24, 2.45) is 5.73 Å². The van der Waals surface area contributed by atoms with Gasteiger partial charge in [-0.2, -0.15) is 5.10 Å². The second-order valence-corrected chi connectivity index (χ2v) is 4.57. The van der Waals surface area contributed by atoms with Gasteiger partial charge in [0.15, 0.2) is 11.5 Å². The third-order valence-corrected chi connectivity index (χ3v) is 3.27. The number of nitrogens with two attached hydrogens (primary N) is 1. The lowest BCUT2D eigenvalue weighted by Crippen LogP contribution is -2.17. The largest absolute Gasteiger partial charge is 0.493 e. The monoisotopic (exact) mass is 275 g/mol. The molecule has 1 aromatic carbocycles. The van der Waals surface area contributed by atoms with Gasteiger partial charge in [-0.3, -0.25) is 4.68 Å². The number of aryl methyl sites for hydroxylation is 1. The van der Waals surface area contributed by atoms with Gasteiger partial charge in [-0.25, -0.2) is 0 Å². The van der Waals surface area contributed by atoms with Gasteiger partial charge in [0.05, 0.1) is 26.0 Å². The third kappa shape index (κ3) is 2.77. The first-order valence-corrected chi connectivity index (χ1v) is 6.70. The highest BCUT2D eigenvalue weighted by Crippen LogP contribution is 2.31. The Balaban J connectivity index is 2.32. The quantitative estimate of drug-likeness (QED) is 0.879. The average Bonchev–Trinajstić information content (AvgIpc) is 2.94. The Bertz CT molecular complexity index is 566. The molecule has 2 aromatic rings. The van der Waals surface area contributed by atoms with Crippen molar-refractivity contribution in [2.45, 2.75) is 25.9 Å². The smallest absolute Gasteiger partial charge is 0.161 e. The van der Waals surface area contributed by atoms with Crippen molar-refractivity contribution in [1.82, 2.24) is 9.78 Å². The van der Waals surface area contributed by atoms with Gasteiger partial charge in [-0.15, -0.1) is 0 Å². The van der Waals surface area contributed by atoms with Crippen molar-refractivity contribution >= 4 is 0 Å². The molecule has 5 nitrogen and oxygen atoms in total. The first kappa shape index (κ1) is 14.4. The van der Waals surface area contributed by atoms with E-state index in [0.29, 0.717) is 11.5 Å². The molecule has 0 saturated heterocycles. The fourth-order valence-corrected chi connectivity index (χ4v) is 2.22. The molecule has 1 atom stereocenters. The van der Waals surface area contributed by atoms with E-state index in [1.165, 1.54) is 0 Å². The highest BCUT2D eigenvalue weighted by molar-refractivity contribution is 5.45. The summed E-state index contributed by atoms with van der Waals surface area (Å²) in [5, 5.41) is 4.31. The maximum atomic E-state index is 6.35. The normalized spacial score (nSPS) is 12.2. The minimum atomic E-state index is -0.233. The molecule has 0 aliphatic carbocycles. The van der Waals surface area contributed by atoms with Crippen LogP contribution in [0.3, 0.4) is 0 Å². The molecule has 0 radical (unpaired) electrons. The van der Waals surface area contributed by atoms with Gasteiger partial charge in [0, 0.05) is 12.7 Å². The highest BCUT2D eigenvalue weighted by Gasteiger charge is 2.16. The van der Waals surface area contributed by atoms with E-state index in [-0.39, 0.29) is 6.04 Å². The van der Waals surface area contributed by atoms with E-state index >= 15 is 0 Å². The molecule has 0 spiro atoms. The minimum Gasteiger partial charge on any atom is -0.493 e. The topological polar surface area (TPSA) is 62.3 Å². The van der Waals surface area contributed by atoms with Crippen LogP contribution in [0.1, 0.15) is 30.6 Å². The molecular formula is C15H21N3O2. The first-order valence-electron chi connectivity index (χ1n) is 6.70. The molecule has 0 amide bonds. The Morgan fingerprint density at radius 1 is 1.20 bits per heavy atom. The molecule has 0 aliphatic heterocycles. The molecule has 0 bridgehead atoms. The molecule has 1 unspecified atom stereocenters. The van der Waals surface area contributed by atoms with Crippen LogP contribution >= 0.6 is 0 Å². The van der Waals surface area contributed by atoms with Crippen LogP contribution in [0.2, 0.25) is 0 Å². The summed E-state index contributed by atoms with van der Waals surface area (Å²) in [6.07, 6.45) is 2.80. The number of hydrogen-bond donors (Lipinski definition) is 1. The number of ether oxygens (including phenoxy) is 2. The van der Waals surface area contributed by atoms with Gasteiger partial charge in [-0.1, -0.05) is 13.0 Å². The first-order chi connectivity index (χ1) is 9.71. The molecule has 1 heterocycles. The van der Waals surface area contributed by atoms with Crippen LogP contribution in [0.15, 0.2) is 30.5 Å². The summed E-state index contributed by atoms with van der Waals surface area (Å²) in [5.41, 5.74) is 8.32. The summed E-state index contributed by atoms with van der Waals surface area (Å²) in [5.74, 6) is 1.38. The molecule has 1 aromatic heterocycles. The lowest BCUT2D eigenvalue weighted by molar-refractivity contribution is 0.354. The lowest BCUT2D eigenvalue weighted by Gasteiger charge is -2.16. The van der Waals surface area contributed by atoms with Gasteiger partial charge < -0.3 is 15.2 Å². The van der Waals surface area contributed by atoms with Gasteiger partial charge in [0.2, 0.25) is 0 Å². The van der Waals surface area contributed by atoms with E-state index < -0.39 is 0 Å². The molecule has 0 fully saturated rings.